The second-order valence-corrected chi connectivity index (χ2v) is 8.64. The Kier molecular flexibility index (Phi) is 7.36. The van der Waals surface area contributed by atoms with Crippen LogP contribution < -0.4 is 4.74 Å². The van der Waals surface area contributed by atoms with Gasteiger partial charge in [0.25, 0.3) is 0 Å². The van der Waals surface area contributed by atoms with Crippen molar-refractivity contribution < 1.29 is 31.1 Å². The van der Waals surface area contributed by atoms with E-state index in [1.807, 2.05) is 16.7 Å². The number of halogens is 6. The molecule has 0 saturated carbocycles. The number of imidazole rings is 1. The zero-order chi connectivity index (χ0) is 27.5. The number of rotatable bonds is 8. The fourth-order valence-electron chi connectivity index (χ4n) is 4.05. The van der Waals surface area contributed by atoms with E-state index in [1.165, 1.54) is 24.3 Å². The summed E-state index contributed by atoms with van der Waals surface area (Å²) in [5, 5.41) is 0. The highest BCUT2D eigenvalue weighted by atomic mass is 19.3. The second-order valence-electron chi connectivity index (χ2n) is 8.64. The molecule has 3 aromatic rings. The Morgan fingerprint density at radius 2 is 1.59 bits per heavy atom. The average Bonchev–Trinajstić information content (AvgIpc) is 3.34. The van der Waals surface area contributed by atoms with Gasteiger partial charge in [0.2, 0.25) is 0 Å². The van der Waals surface area contributed by atoms with Crippen LogP contribution >= 0.6 is 0 Å². The Morgan fingerprint density at radius 3 is 2.36 bits per heavy atom. The topological polar surface area (TPSA) is 39.9 Å². The first kappa shape index (κ1) is 26.0. The van der Waals surface area contributed by atoms with Gasteiger partial charge in [0, 0.05) is 37.0 Å². The number of nitrogens with zero attached hydrogens (tertiary/aromatic N) is 3. The molecule has 0 aliphatic carbocycles. The third-order valence-corrected chi connectivity index (χ3v) is 5.98. The number of fused-ring (bicyclic) bond motifs is 1. The van der Waals surface area contributed by atoms with Gasteiger partial charge in [-0.3, -0.25) is 0 Å². The molecule has 0 saturated heterocycles. The molecule has 5 rings (SSSR count). The summed E-state index contributed by atoms with van der Waals surface area (Å²) >= 11 is 0. The molecule has 0 N–H and O–H groups in total. The fraction of sp³-hybridized carbons (Fsp3) is 0.103. The van der Waals surface area contributed by atoms with Gasteiger partial charge in [-0.1, -0.05) is 30.3 Å². The van der Waals surface area contributed by atoms with E-state index in [-0.39, 0.29) is 23.7 Å². The molecule has 0 fully saturated rings. The Balaban J connectivity index is 1.33. The molecule has 0 aromatic heterocycles. The van der Waals surface area contributed by atoms with Gasteiger partial charge in [-0.15, -0.1) is 0 Å². The monoisotopic (exact) mass is 539 g/mol. The fourth-order valence-corrected chi connectivity index (χ4v) is 4.05. The number of hydrogen-bond donors (Lipinski definition) is 0. The van der Waals surface area contributed by atoms with Crippen LogP contribution in [0.3, 0.4) is 0 Å². The maximum absolute atomic E-state index is 14.2. The van der Waals surface area contributed by atoms with E-state index in [4.69, 9.17) is 4.74 Å². The molecule has 2 aliphatic heterocycles. The van der Waals surface area contributed by atoms with Gasteiger partial charge in [-0.25, -0.2) is 27.5 Å². The molecule has 0 bridgehead atoms. The summed E-state index contributed by atoms with van der Waals surface area (Å²) in [6.45, 7) is 0.0783. The minimum atomic E-state index is -2.41. The maximum Gasteiger partial charge on any atom is 0.301 e. The van der Waals surface area contributed by atoms with E-state index in [0.717, 1.165) is 17.7 Å². The molecule has 2 heterocycles. The normalized spacial score (nSPS) is 11.1. The number of benzene rings is 3. The molecule has 39 heavy (non-hydrogen) atoms. The lowest BCUT2D eigenvalue weighted by Gasteiger charge is -2.13. The van der Waals surface area contributed by atoms with E-state index in [9.17, 15) is 26.3 Å². The van der Waals surface area contributed by atoms with Crippen LogP contribution in [0.15, 0.2) is 91.0 Å². The van der Waals surface area contributed by atoms with Crippen LogP contribution in [0.4, 0.5) is 26.3 Å². The molecular weight excluding hydrogens is 520 g/mol. The Bertz CT molecular complexity index is 1630. The molecule has 2 aliphatic rings. The van der Waals surface area contributed by atoms with E-state index in [1.54, 1.807) is 30.6 Å². The summed E-state index contributed by atoms with van der Waals surface area (Å²) < 4.78 is 86.5. The van der Waals surface area contributed by atoms with Crippen molar-refractivity contribution in [2.45, 2.75) is 13.0 Å². The lowest BCUT2D eigenvalue weighted by atomic mass is 10.0. The van der Waals surface area contributed by atoms with Crippen molar-refractivity contribution in [3.05, 3.63) is 114 Å². The van der Waals surface area contributed by atoms with Crippen molar-refractivity contribution in [1.82, 2.24) is 14.5 Å². The molecular formula is C29H19F6N3O. The van der Waals surface area contributed by atoms with Crippen molar-refractivity contribution in [1.29, 1.82) is 0 Å². The van der Waals surface area contributed by atoms with Crippen LogP contribution in [0.5, 0.6) is 5.75 Å². The second kappa shape index (κ2) is 11.0. The summed E-state index contributed by atoms with van der Waals surface area (Å²) in [5.74, 6) is -3.93. The zero-order valence-electron chi connectivity index (χ0n) is 20.1. The SMILES string of the molecule is FC(F)=C(F)CCOc1cc(F)ccc1-c1ccc(Cn2ccc3nc(-c4cccc(F)c4F)nc-3c2)cc1. The number of pyridine rings is 1. The van der Waals surface area contributed by atoms with Crippen molar-refractivity contribution in [3.63, 3.8) is 0 Å². The lowest BCUT2D eigenvalue weighted by molar-refractivity contribution is 0.294. The van der Waals surface area contributed by atoms with Crippen LogP contribution in [0.1, 0.15) is 12.0 Å². The highest BCUT2D eigenvalue weighted by molar-refractivity contribution is 5.71. The van der Waals surface area contributed by atoms with Gasteiger partial charge in [-0.2, -0.15) is 8.78 Å². The van der Waals surface area contributed by atoms with Gasteiger partial charge in [0.15, 0.2) is 23.3 Å². The molecule has 3 aromatic carbocycles. The van der Waals surface area contributed by atoms with Gasteiger partial charge in [0.1, 0.15) is 17.3 Å². The van der Waals surface area contributed by atoms with Crippen LogP contribution in [-0.2, 0) is 6.54 Å². The van der Waals surface area contributed by atoms with Crippen LogP contribution in [-0.4, -0.2) is 21.1 Å². The van der Waals surface area contributed by atoms with E-state index >= 15 is 0 Å². The van der Waals surface area contributed by atoms with Gasteiger partial charge in [0.05, 0.1) is 17.9 Å². The lowest BCUT2D eigenvalue weighted by Crippen LogP contribution is -2.01. The highest BCUT2D eigenvalue weighted by Crippen LogP contribution is 2.32. The van der Waals surface area contributed by atoms with Gasteiger partial charge in [-0.05, 0) is 41.5 Å². The van der Waals surface area contributed by atoms with Crippen molar-refractivity contribution >= 4 is 0 Å². The van der Waals surface area contributed by atoms with Crippen molar-refractivity contribution in [2.24, 2.45) is 0 Å². The standard InChI is InChI=1S/C29H19F6N3O/c30-19-8-9-20(26(14-19)39-13-11-23(32)28(34)35)18-6-4-17(5-7-18)15-38-12-10-24-25(16-38)37-29(36-24)21-2-1-3-22(31)27(21)33/h1-10,12,14,16H,11,13,15H2. The summed E-state index contributed by atoms with van der Waals surface area (Å²) in [4.78, 5) is 8.65. The van der Waals surface area contributed by atoms with Gasteiger partial charge >= 0.3 is 6.08 Å². The average molecular weight is 539 g/mol. The third-order valence-electron chi connectivity index (χ3n) is 5.98. The maximum atomic E-state index is 14.2. The molecule has 198 valence electrons. The molecule has 0 atom stereocenters. The zero-order valence-corrected chi connectivity index (χ0v) is 20.1. The third kappa shape index (κ3) is 5.79. The first-order valence-corrected chi connectivity index (χ1v) is 11.8. The highest BCUT2D eigenvalue weighted by Gasteiger charge is 2.18. The predicted molar refractivity (Wildman–Crippen MR) is 133 cm³/mol. The summed E-state index contributed by atoms with van der Waals surface area (Å²) in [5.41, 5.74) is 3.15. The molecule has 10 heteroatoms. The molecule has 4 nitrogen and oxygen atoms in total. The molecule has 0 radical (unpaired) electrons. The first-order chi connectivity index (χ1) is 18.8. The van der Waals surface area contributed by atoms with Crippen molar-refractivity contribution in [3.8, 4) is 39.7 Å². The van der Waals surface area contributed by atoms with E-state index < -0.39 is 35.8 Å². The number of hydrogen-bond acceptors (Lipinski definition) is 3. The van der Waals surface area contributed by atoms with E-state index in [0.29, 0.717) is 29.1 Å². The summed E-state index contributed by atoms with van der Waals surface area (Å²) in [6, 6.07) is 16.7. The quantitative estimate of drug-likeness (QED) is 0.188. The Hall–Kier alpha value is -4.60. The smallest absolute Gasteiger partial charge is 0.301 e. The molecule has 0 amide bonds. The molecule has 0 unspecified atom stereocenters. The van der Waals surface area contributed by atoms with Crippen LogP contribution in [0.25, 0.3) is 33.9 Å². The summed E-state index contributed by atoms with van der Waals surface area (Å²) in [6.07, 6.45) is 0.496. The predicted octanol–water partition coefficient (Wildman–Crippen LogP) is 8.03. The first-order valence-electron chi connectivity index (χ1n) is 11.8. The largest absolute Gasteiger partial charge is 0.492 e. The Morgan fingerprint density at radius 1 is 0.821 bits per heavy atom. The Labute approximate surface area is 219 Å². The van der Waals surface area contributed by atoms with E-state index in [2.05, 4.69) is 9.97 Å². The number of aromatic nitrogens is 3. The van der Waals surface area contributed by atoms with Crippen LogP contribution in [0.2, 0.25) is 0 Å². The molecule has 0 spiro atoms. The minimum Gasteiger partial charge on any atom is -0.492 e. The number of ether oxygens (including phenoxy) is 1. The summed E-state index contributed by atoms with van der Waals surface area (Å²) in [7, 11) is 0. The van der Waals surface area contributed by atoms with Crippen LogP contribution in [0, 0.1) is 17.5 Å². The van der Waals surface area contributed by atoms with Gasteiger partial charge < -0.3 is 9.30 Å². The minimum absolute atomic E-state index is 0.0198. The van der Waals surface area contributed by atoms with Crippen molar-refractivity contribution in [2.75, 3.05) is 6.61 Å².